The molecule has 162 valence electrons. The third kappa shape index (κ3) is 3.13. The summed E-state index contributed by atoms with van der Waals surface area (Å²) in [6.45, 7) is -0.615. The highest BCUT2D eigenvalue weighted by Gasteiger charge is 2.60. The molecule has 0 aromatic heterocycles. The smallest absolute Gasteiger partial charge is 0.212 e. The molecule has 1 aliphatic rings. The number of carbonyl (C=O) groups excluding carboxylic acids is 2. The second-order valence-corrected chi connectivity index (χ2v) is 7.56. The van der Waals surface area contributed by atoms with Gasteiger partial charge in [-0.25, -0.2) is 0 Å². The Bertz CT molecular complexity index is 1170. The monoisotopic (exact) mass is 431 g/mol. The van der Waals surface area contributed by atoms with Gasteiger partial charge in [-0.05, 0) is 23.3 Å². The Kier molecular flexibility index (Phi) is 5.48. The summed E-state index contributed by atoms with van der Waals surface area (Å²) in [6, 6.07) is 20.0. The van der Waals surface area contributed by atoms with Crippen LogP contribution in [-0.4, -0.2) is 37.3 Å². The molecule has 0 radical (unpaired) electrons. The van der Waals surface area contributed by atoms with E-state index in [9.17, 15) is 19.7 Å². The van der Waals surface area contributed by atoms with Crippen molar-refractivity contribution < 1.29 is 24.0 Å². The van der Waals surface area contributed by atoms with Gasteiger partial charge in [-0.15, -0.1) is 0 Å². The summed E-state index contributed by atoms with van der Waals surface area (Å²) < 4.78 is 10.7. The lowest BCUT2D eigenvalue weighted by Crippen LogP contribution is -2.46. The number of methoxy groups -OCH3 is 2. The molecule has 0 heterocycles. The molecule has 1 unspecified atom stereocenters. The van der Waals surface area contributed by atoms with Crippen molar-refractivity contribution in [3.63, 3.8) is 0 Å². The van der Waals surface area contributed by atoms with Gasteiger partial charge in [0, 0.05) is 16.1 Å². The summed E-state index contributed by atoms with van der Waals surface area (Å²) in [7, 11) is 2.94. The molecule has 1 aliphatic carbocycles. The first-order valence-electron chi connectivity index (χ1n) is 10.0. The highest BCUT2D eigenvalue weighted by molar-refractivity contribution is 6.33. The first-order chi connectivity index (χ1) is 15.4. The molecule has 7 heteroatoms. The Morgan fingerprint density at radius 3 is 1.94 bits per heavy atom. The number of nitrogens with zero attached hydrogens (tertiary/aromatic N) is 1. The largest absolute Gasteiger partial charge is 0.493 e. The number of rotatable bonds is 7. The predicted octanol–water partition coefficient (Wildman–Crippen LogP) is 4.08. The van der Waals surface area contributed by atoms with Gasteiger partial charge in [0.1, 0.15) is 5.41 Å². The van der Waals surface area contributed by atoms with Crippen molar-refractivity contribution in [2.45, 2.75) is 11.3 Å². The molecule has 3 aromatic rings. The van der Waals surface area contributed by atoms with E-state index in [0.717, 1.165) is 0 Å². The summed E-state index contributed by atoms with van der Waals surface area (Å²) >= 11 is 0. The maximum Gasteiger partial charge on any atom is 0.212 e. The molecule has 0 fully saturated rings. The van der Waals surface area contributed by atoms with Crippen LogP contribution in [0.25, 0.3) is 0 Å². The predicted molar refractivity (Wildman–Crippen MR) is 117 cm³/mol. The third-order valence-corrected chi connectivity index (χ3v) is 6.03. The summed E-state index contributed by atoms with van der Waals surface area (Å²) in [6.07, 6.45) is 0. The lowest BCUT2D eigenvalue weighted by atomic mass is 9.64. The van der Waals surface area contributed by atoms with Crippen molar-refractivity contribution in [3.8, 4) is 11.5 Å². The first-order valence-corrected chi connectivity index (χ1v) is 10.0. The Morgan fingerprint density at radius 2 is 1.41 bits per heavy atom. The highest BCUT2D eigenvalue weighted by atomic mass is 16.6. The minimum Gasteiger partial charge on any atom is -0.493 e. The Hall–Kier alpha value is -4.00. The molecule has 0 spiro atoms. The van der Waals surface area contributed by atoms with Crippen LogP contribution < -0.4 is 9.47 Å². The van der Waals surface area contributed by atoms with Crippen LogP contribution in [0.1, 0.15) is 37.8 Å². The number of Topliss-reactive ketones (excluding diaryl/α,β-unsaturated/α-hetero) is 2. The summed E-state index contributed by atoms with van der Waals surface area (Å²) in [5.41, 5.74) is -0.353. The Morgan fingerprint density at radius 1 is 0.844 bits per heavy atom. The van der Waals surface area contributed by atoms with Gasteiger partial charge in [-0.2, -0.15) is 0 Å². The van der Waals surface area contributed by atoms with Crippen LogP contribution in [0.2, 0.25) is 0 Å². The van der Waals surface area contributed by atoms with Crippen molar-refractivity contribution in [1.82, 2.24) is 0 Å². The van der Waals surface area contributed by atoms with Crippen LogP contribution in [0.5, 0.6) is 11.5 Å². The van der Waals surface area contributed by atoms with E-state index in [-0.39, 0.29) is 11.1 Å². The standard InChI is InChI=1S/C25H21NO6/c1-31-21-13-12-16(14-22(21)32-2)20(15-26(29)30)25(17-8-4-3-5-9-17)23(27)18-10-6-7-11-19(18)24(25)28/h3-14,20H,15H2,1-2H3. The van der Waals surface area contributed by atoms with E-state index in [0.29, 0.717) is 22.6 Å². The van der Waals surface area contributed by atoms with Crippen LogP contribution >= 0.6 is 0 Å². The van der Waals surface area contributed by atoms with E-state index in [1.807, 2.05) is 0 Å². The number of nitro groups is 1. The zero-order valence-electron chi connectivity index (χ0n) is 17.6. The van der Waals surface area contributed by atoms with Gasteiger partial charge < -0.3 is 9.47 Å². The fraction of sp³-hybridized carbons (Fsp3) is 0.200. The van der Waals surface area contributed by atoms with Crippen LogP contribution in [0.15, 0.2) is 72.8 Å². The minimum absolute atomic E-state index is 0.273. The lowest BCUT2D eigenvalue weighted by Gasteiger charge is -2.33. The quantitative estimate of drug-likeness (QED) is 0.318. The van der Waals surface area contributed by atoms with Crippen LogP contribution in [0.3, 0.4) is 0 Å². The van der Waals surface area contributed by atoms with E-state index in [1.54, 1.807) is 72.8 Å². The fourth-order valence-corrected chi connectivity index (χ4v) is 4.60. The van der Waals surface area contributed by atoms with Crippen molar-refractivity contribution in [3.05, 3.63) is 105 Å². The Balaban J connectivity index is 2.02. The van der Waals surface area contributed by atoms with Gasteiger partial charge in [0.05, 0.1) is 20.1 Å². The SMILES string of the molecule is COc1ccc(C(C[N+](=O)[O-])C2(c3ccccc3)C(=O)c3ccccc3C2=O)cc1OC. The van der Waals surface area contributed by atoms with Crippen molar-refractivity contribution in [2.24, 2.45) is 0 Å². The number of fused-ring (bicyclic) bond motifs is 1. The average Bonchev–Trinajstić information content (AvgIpc) is 3.05. The molecule has 3 aromatic carbocycles. The summed E-state index contributed by atoms with van der Waals surface area (Å²) in [5.74, 6) is -1.14. The molecule has 4 rings (SSSR count). The van der Waals surface area contributed by atoms with Gasteiger partial charge >= 0.3 is 0 Å². The molecule has 1 atom stereocenters. The zero-order chi connectivity index (χ0) is 22.9. The highest BCUT2D eigenvalue weighted by Crippen LogP contribution is 2.50. The molecule has 32 heavy (non-hydrogen) atoms. The van der Waals surface area contributed by atoms with Crippen LogP contribution in [-0.2, 0) is 5.41 Å². The van der Waals surface area contributed by atoms with Crippen LogP contribution in [0.4, 0.5) is 0 Å². The molecular formula is C25H21NO6. The van der Waals surface area contributed by atoms with Gasteiger partial charge in [-0.3, -0.25) is 19.7 Å². The number of hydrogen-bond donors (Lipinski definition) is 0. The van der Waals surface area contributed by atoms with Gasteiger partial charge in [-0.1, -0.05) is 60.7 Å². The molecule has 0 amide bonds. The molecular weight excluding hydrogens is 410 g/mol. The van der Waals surface area contributed by atoms with Gasteiger partial charge in [0.25, 0.3) is 0 Å². The van der Waals surface area contributed by atoms with Crippen molar-refractivity contribution in [2.75, 3.05) is 20.8 Å². The second-order valence-electron chi connectivity index (χ2n) is 7.56. The van der Waals surface area contributed by atoms with Crippen molar-refractivity contribution in [1.29, 1.82) is 0 Å². The summed E-state index contributed by atoms with van der Waals surface area (Å²) in [5, 5.41) is 11.8. The molecule has 0 bridgehead atoms. The number of carbonyl (C=O) groups is 2. The second kappa shape index (κ2) is 8.26. The van der Waals surface area contributed by atoms with E-state index in [4.69, 9.17) is 9.47 Å². The molecule has 0 saturated carbocycles. The minimum atomic E-state index is -1.77. The van der Waals surface area contributed by atoms with E-state index in [1.165, 1.54) is 14.2 Å². The average molecular weight is 431 g/mol. The topological polar surface area (TPSA) is 95.7 Å². The zero-order valence-corrected chi connectivity index (χ0v) is 17.6. The number of hydrogen-bond acceptors (Lipinski definition) is 6. The Labute approximate surface area is 184 Å². The summed E-state index contributed by atoms with van der Waals surface area (Å²) in [4.78, 5) is 39.1. The molecule has 7 nitrogen and oxygen atoms in total. The maximum atomic E-state index is 13.9. The van der Waals surface area contributed by atoms with E-state index < -0.39 is 34.4 Å². The number of ether oxygens (including phenoxy) is 2. The fourth-order valence-electron chi connectivity index (χ4n) is 4.60. The maximum absolute atomic E-state index is 13.9. The normalized spacial score (nSPS) is 15.2. The number of ketones is 2. The molecule has 0 N–H and O–H groups in total. The van der Waals surface area contributed by atoms with Crippen molar-refractivity contribution >= 4 is 11.6 Å². The van der Waals surface area contributed by atoms with Gasteiger partial charge in [0.2, 0.25) is 6.54 Å². The first kappa shape index (κ1) is 21.2. The van der Waals surface area contributed by atoms with Crippen LogP contribution in [0, 0.1) is 10.1 Å². The molecule has 0 saturated heterocycles. The van der Waals surface area contributed by atoms with Gasteiger partial charge in [0.15, 0.2) is 23.1 Å². The van der Waals surface area contributed by atoms with E-state index >= 15 is 0 Å². The lowest BCUT2D eigenvalue weighted by molar-refractivity contribution is -0.484. The third-order valence-electron chi connectivity index (χ3n) is 6.03. The molecule has 0 aliphatic heterocycles. The van der Waals surface area contributed by atoms with E-state index in [2.05, 4.69) is 0 Å². The number of benzene rings is 3.